The second-order valence-electron chi connectivity index (χ2n) is 4.49. The first-order valence-electron chi connectivity index (χ1n) is 6.50. The predicted octanol–water partition coefficient (Wildman–Crippen LogP) is 3.14. The van der Waals surface area contributed by atoms with Gasteiger partial charge in [0.25, 0.3) is 5.91 Å². The molecule has 0 radical (unpaired) electrons. The number of nitrogens with two attached hydrogens (primary N) is 1. The molecule has 0 saturated carbocycles. The minimum absolute atomic E-state index is 0.119. The third-order valence-electron chi connectivity index (χ3n) is 3.00. The van der Waals surface area contributed by atoms with Crippen molar-refractivity contribution in [3.63, 3.8) is 0 Å². The number of furan rings is 1. The van der Waals surface area contributed by atoms with Gasteiger partial charge in [-0.05, 0) is 24.3 Å². The Morgan fingerprint density at radius 1 is 1.00 bits per heavy atom. The minimum atomic E-state index is -0.772. The Labute approximate surface area is 125 Å². The van der Waals surface area contributed by atoms with Crippen LogP contribution >= 0.6 is 0 Å². The molecule has 0 bridgehead atoms. The molecule has 0 unspecified atom stereocenters. The summed E-state index contributed by atoms with van der Waals surface area (Å²) in [6.45, 7) is 0. The van der Waals surface area contributed by atoms with Gasteiger partial charge in [0.15, 0.2) is 0 Å². The molecule has 0 aliphatic rings. The number of hydrogen-bond acceptors (Lipinski definition) is 4. The number of fused-ring (bicyclic) bond motifs is 1. The molecule has 0 saturated heterocycles. The monoisotopic (exact) mass is 296 g/mol. The first-order chi connectivity index (χ1) is 10.6. The van der Waals surface area contributed by atoms with Gasteiger partial charge in [-0.3, -0.25) is 10.1 Å². The van der Waals surface area contributed by atoms with Gasteiger partial charge in [0.05, 0.1) is 0 Å². The van der Waals surface area contributed by atoms with Gasteiger partial charge in [0, 0.05) is 5.39 Å². The molecule has 6 nitrogen and oxygen atoms in total. The molecule has 3 rings (SSSR count). The van der Waals surface area contributed by atoms with E-state index < -0.39 is 12.0 Å². The molecule has 1 heterocycles. The standard InChI is InChI=1S/C16H12N2O4/c17-15(19)14-13(11-8-4-5-9-12(11)22-14)18-16(20)21-10-6-2-1-3-7-10/h1-9H,(H2,17,19)(H,18,20). The SMILES string of the molecule is NC(=O)c1oc2ccccc2c1NC(=O)Oc1ccccc1. The molecule has 22 heavy (non-hydrogen) atoms. The second-order valence-corrected chi connectivity index (χ2v) is 4.49. The Kier molecular flexibility index (Phi) is 3.49. The zero-order valence-electron chi connectivity index (χ0n) is 11.4. The Morgan fingerprint density at radius 2 is 1.68 bits per heavy atom. The van der Waals surface area contributed by atoms with Crippen LogP contribution in [0.1, 0.15) is 10.6 Å². The van der Waals surface area contributed by atoms with Gasteiger partial charge in [-0.15, -0.1) is 0 Å². The summed E-state index contributed by atoms with van der Waals surface area (Å²) in [5.41, 5.74) is 5.93. The van der Waals surface area contributed by atoms with E-state index in [-0.39, 0.29) is 11.4 Å². The number of ether oxygens (including phenoxy) is 1. The number of benzene rings is 2. The van der Waals surface area contributed by atoms with E-state index in [1.165, 1.54) is 0 Å². The van der Waals surface area contributed by atoms with Crippen LogP contribution in [0, 0.1) is 0 Å². The lowest BCUT2D eigenvalue weighted by molar-refractivity contribution is 0.0977. The number of anilines is 1. The maximum atomic E-state index is 12.0. The van der Waals surface area contributed by atoms with Crippen molar-refractivity contribution in [3.8, 4) is 5.75 Å². The number of primary amides is 1. The molecular weight excluding hydrogens is 284 g/mol. The molecule has 0 atom stereocenters. The highest BCUT2D eigenvalue weighted by Crippen LogP contribution is 2.30. The van der Waals surface area contributed by atoms with E-state index in [0.29, 0.717) is 16.7 Å². The predicted molar refractivity (Wildman–Crippen MR) is 80.8 cm³/mol. The summed E-state index contributed by atoms with van der Waals surface area (Å²) in [7, 11) is 0. The first kappa shape index (κ1) is 13.7. The molecule has 110 valence electrons. The van der Waals surface area contributed by atoms with Gasteiger partial charge in [-0.25, -0.2) is 4.79 Å². The van der Waals surface area contributed by atoms with Gasteiger partial charge >= 0.3 is 6.09 Å². The number of rotatable bonds is 3. The van der Waals surface area contributed by atoms with E-state index in [4.69, 9.17) is 14.9 Å². The van der Waals surface area contributed by atoms with Crippen molar-refractivity contribution in [3.05, 3.63) is 60.4 Å². The Hall–Kier alpha value is -3.28. The van der Waals surface area contributed by atoms with E-state index in [1.807, 2.05) is 0 Å². The molecular formula is C16H12N2O4. The maximum absolute atomic E-state index is 12.0. The average Bonchev–Trinajstić information content (AvgIpc) is 2.87. The van der Waals surface area contributed by atoms with Crippen LogP contribution in [0.25, 0.3) is 11.0 Å². The molecule has 1 aromatic heterocycles. The zero-order chi connectivity index (χ0) is 15.5. The molecule has 2 aromatic carbocycles. The fourth-order valence-electron chi connectivity index (χ4n) is 2.07. The summed E-state index contributed by atoms with van der Waals surface area (Å²) in [5.74, 6) is -0.508. The van der Waals surface area contributed by atoms with E-state index in [2.05, 4.69) is 5.32 Å². The number of para-hydroxylation sites is 2. The third-order valence-corrected chi connectivity index (χ3v) is 3.00. The fraction of sp³-hybridized carbons (Fsp3) is 0. The van der Waals surface area contributed by atoms with Crippen molar-refractivity contribution in [1.82, 2.24) is 0 Å². The molecule has 0 fully saturated rings. The number of carbonyl (C=O) groups excluding carboxylic acids is 2. The van der Waals surface area contributed by atoms with E-state index in [0.717, 1.165) is 0 Å². The lowest BCUT2D eigenvalue weighted by Gasteiger charge is -2.06. The van der Waals surface area contributed by atoms with Gasteiger partial charge < -0.3 is 14.9 Å². The summed E-state index contributed by atoms with van der Waals surface area (Å²) in [6, 6.07) is 15.5. The summed E-state index contributed by atoms with van der Waals surface area (Å²) >= 11 is 0. The zero-order valence-corrected chi connectivity index (χ0v) is 11.4. The normalized spacial score (nSPS) is 10.4. The summed E-state index contributed by atoms with van der Waals surface area (Å²) in [5, 5.41) is 3.08. The van der Waals surface area contributed by atoms with Crippen molar-refractivity contribution in [2.24, 2.45) is 5.73 Å². The highest BCUT2D eigenvalue weighted by molar-refractivity contribution is 6.09. The van der Waals surface area contributed by atoms with Crippen LogP contribution in [0.5, 0.6) is 5.75 Å². The molecule has 0 aliphatic heterocycles. The van der Waals surface area contributed by atoms with Crippen LogP contribution in [-0.2, 0) is 0 Å². The topological polar surface area (TPSA) is 94.6 Å². The average molecular weight is 296 g/mol. The van der Waals surface area contributed by atoms with Crippen LogP contribution in [0.2, 0.25) is 0 Å². The van der Waals surface area contributed by atoms with Crippen LogP contribution in [0.3, 0.4) is 0 Å². The van der Waals surface area contributed by atoms with Gasteiger partial charge in [0.1, 0.15) is 17.0 Å². The van der Waals surface area contributed by atoms with Crippen LogP contribution in [0.4, 0.5) is 10.5 Å². The van der Waals surface area contributed by atoms with Gasteiger partial charge in [-0.2, -0.15) is 0 Å². The lowest BCUT2D eigenvalue weighted by atomic mass is 10.2. The summed E-state index contributed by atoms with van der Waals surface area (Å²) in [6.07, 6.45) is -0.736. The molecule has 2 amide bonds. The first-order valence-corrected chi connectivity index (χ1v) is 6.50. The molecule has 3 aromatic rings. The van der Waals surface area contributed by atoms with Crippen molar-refractivity contribution >= 4 is 28.7 Å². The van der Waals surface area contributed by atoms with Crippen molar-refractivity contribution in [2.75, 3.05) is 5.32 Å². The Morgan fingerprint density at radius 3 is 2.41 bits per heavy atom. The fourth-order valence-corrected chi connectivity index (χ4v) is 2.07. The Bertz CT molecular complexity index is 840. The van der Waals surface area contributed by atoms with E-state index >= 15 is 0 Å². The van der Waals surface area contributed by atoms with Crippen molar-refractivity contribution in [2.45, 2.75) is 0 Å². The highest BCUT2D eigenvalue weighted by Gasteiger charge is 2.20. The largest absolute Gasteiger partial charge is 0.449 e. The van der Waals surface area contributed by atoms with Crippen LogP contribution < -0.4 is 15.8 Å². The Balaban J connectivity index is 1.91. The third kappa shape index (κ3) is 2.62. The summed E-state index contributed by atoms with van der Waals surface area (Å²) < 4.78 is 10.5. The van der Waals surface area contributed by atoms with E-state index in [1.54, 1.807) is 54.6 Å². The minimum Gasteiger partial charge on any atom is -0.449 e. The van der Waals surface area contributed by atoms with Crippen LogP contribution in [0.15, 0.2) is 59.0 Å². The van der Waals surface area contributed by atoms with Crippen molar-refractivity contribution < 1.29 is 18.7 Å². The maximum Gasteiger partial charge on any atom is 0.417 e. The van der Waals surface area contributed by atoms with Gasteiger partial charge in [-0.1, -0.05) is 30.3 Å². The lowest BCUT2D eigenvalue weighted by Crippen LogP contribution is -2.19. The molecule has 0 spiro atoms. The number of carbonyl (C=O) groups is 2. The van der Waals surface area contributed by atoms with E-state index in [9.17, 15) is 9.59 Å². The van der Waals surface area contributed by atoms with Crippen molar-refractivity contribution in [1.29, 1.82) is 0 Å². The molecule has 6 heteroatoms. The van der Waals surface area contributed by atoms with Gasteiger partial charge in [0.2, 0.25) is 5.76 Å². The molecule has 0 aliphatic carbocycles. The number of amides is 2. The van der Waals surface area contributed by atoms with Crippen LogP contribution in [-0.4, -0.2) is 12.0 Å². The highest BCUT2D eigenvalue weighted by atomic mass is 16.6. The summed E-state index contributed by atoms with van der Waals surface area (Å²) in [4.78, 5) is 23.4. The number of hydrogen-bond donors (Lipinski definition) is 2. The smallest absolute Gasteiger partial charge is 0.417 e. The second kappa shape index (κ2) is 5.61. The molecule has 3 N–H and O–H groups in total. The quantitative estimate of drug-likeness (QED) is 0.776. The number of nitrogens with one attached hydrogen (secondary N) is 1.